The third-order valence-electron chi connectivity index (χ3n) is 6.12. The van der Waals surface area contributed by atoms with Crippen molar-refractivity contribution in [3.63, 3.8) is 0 Å². The Morgan fingerprint density at radius 2 is 1.42 bits per heavy atom. The number of carbonyl (C=O) groups excluding carboxylic acids is 1. The zero-order chi connectivity index (χ0) is 27.8. The molecule has 0 heterocycles. The average Bonchev–Trinajstić information content (AvgIpc) is 2.92. The molecule has 3 rings (SSSR count). The van der Waals surface area contributed by atoms with Crippen LogP contribution in [0.5, 0.6) is 11.5 Å². The lowest BCUT2D eigenvalue weighted by Crippen LogP contribution is -2.43. The Morgan fingerprint density at radius 1 is 0.868 bits per heavy atom. The lowest BCUT2D eigenvalue weighted by Gasteiger charge is -2.28. The number of halogens is 3. The summed E-state index contributed by atoms with van der Waals surface area (Å²) in [6.07, 6.45) is -0.571. The molecule has 0 bridgehead atoms. The van der Waals surface area contributed by atoms with Gasteiger partial charge in [-0.1, -0.05) is 49.9 Å². The van der Waals surface area contributed by atoms with E-state index in [1.54, 1.807) is 31.2 Å². The van der Waals surface area contributed by atoms with E-state index < -0.39 is 23.3 Å². The van der Waals surface area contributed by atoms with Gasteiger partial charge >= 0.3 is 12.1 Å². The molecule has 0 aliphatic heterocycles. The van der Waals surface area contributed by atoms with E-state index in [1.165, 1.54) is 18.2 Å². The molecule has 3 aromatic rings. The number of ether oxygens (including phenoxy) is 3. The molecule has 200 valence electrons. The zero-order valence-electron chi connectivity index (χ0n) is 21.7. The number of rotatable bonds is 11. The second-order valence-corrected chi connectivity index (χ2v) is 8.59. The second-order valence-electron chi connectivity index (χ2n) is 8.59. The molecule has 0 fully saturated rings. The molecule has 0 saturated carbocycles. The highest BCUT2D eigenvalue weighted by Gasteiger charge is 2.37. The van der Waals surface area contributed by atoms with Crippen LogP contribution in [0.25, 0.3) is 16.7 Å². The number of hydrogen-bond acceptors (Lipinski definition) is 4. The van der Waals surface area contributed by atoms with Crippen LogP contribution in [0, 0.1) is 0 Å². The van der Waals surface area contributed by atoms with Crippen molar-refractivity contribution >= 4 is 11.5 Å². The summed E-state index contributed by atoms with van der Waals surface area (Å²) in [6.45, 7) is 9.85. The highest BCUT2D eigenvalue weighted by molar-refractivity contribution is 5.82. The molecule has 4 nitrogen and oxygen atoms in total. The first-order chi connectivity index (χ1) is 18.1. The van der Waals surface area contributed by atoms with Crippen LogP contribution in [0.4, 0.5) is 13.2 Å². The van der Waals surface area contributed by atoms with Gasteiger partial charge in [0.15, 0.2) is 0 Å². The lowest BCUT2D eigenvalue weighted by atomic mass is 10.00. The molecule has 0 amide bonds. The van der Waals surface area contributed by atoms with Crippen LogP contribution < -0.4 is 9.47 Å². The van der Waals surface area contributed by atoms with Crippen LogP contribution in [0.3, 0.4) is 0 Å². The van der Waals surface area contributed by atoms with E-state index in [4.69, 9.17) is 14.2 Å². The molecule has 1 atom stereocenters. The number of benzene rings is 3. The van der Waals surface area contributed by atoms with Gasteiger partial charge in [-0.15, -0.1) is 0 Å². The van der Waals surface area contributed by atoms with Crippen molar-refractivity contribution in [2.45, 2.75) is 39.0 Å². The molecule has 3 aromatic carbocycles. The smallest absolute Gasteiger partial charge is 0.416 e. The summed E-state index contributed by atoms with van der Waals surface area (Å²) in [5, 5.41) is 0. The normalized spacial score (nSPS) is 13.4. The zero-order valence-corrected chi connectivity index (χ0v) is 21.7. The van der Waals surface area contributed by atoms with Crippen LogP contribution in [0.15, 0.2) is 91.5 Å². The van der Waals surface area contributed by atoms with Gasteiger partial charge in [0, 0.05) is 0 Å². The largest absolute Gasteiger partial charge is 0.490 e. The Hall–Kier alpha value is -4.00. The molecule has 38 heavy (non-hydrogen) atoms. The number of allylic oxidation sites excluding steroid dienone is 1. The molecular formula is C31H31F3O4. The monoisotopic (exact) mass is 524 g/mol. The van der Waals surface area contributed by atoms with Crippen molar-refractivity contribution in [3.8, 4) is 22.6 Å². The van der Waals surface area contributed by atoms with E-state index in [-0.39, 0.29) is 6.61 Å². The average molecular weight is 525 g/mol. The SMILES string of the molecule is C=C[C@](CC)(Oc1ccc(OC/C=C(\C)c2ccc(-c3ccc(C(F)(F)F)cc3)cc2)cc1)C(=O)OCC. The summed E-state index contributed by atoms with van der Waals surface area (Å²) in [5.74, 6) is 0.647. The van der Waals surface area contributed by atoms with Crippen LogP contribution >= 0.6 is 0 Å². The molecule has 0 radical (unpaired) electrons. The van der Waals surface area contributed by atoms with E-state index in [0.717, 1.165) is 28.8 Å². The number of alkyl halides is 3. The fourth-order valence-corrected chi connectivity index (χ4v) is 3.75. The minimum Gasteiger partial charge on any atom is -0.490 e. The Bertz CT molecular complexity index is 1240. The number of esters is 1. The van der Waals surface area contributed by atoms with E-state index >= 15 is 0 Å². The first-order valence-electron chi connectivity index (χ1n) is 12.3. The van der Waals surface area contributed by atoms with Crippen molar-refractivity contribution in [1.82, 2.24) is 0 Å². The van der Waals surface area contributed by atoms with Crippen molar-refractivity contribution < 1.29 is 32.2 Å². The first-order valence-corrected chi connectivity index (χ1v) is 12.3. The number of hydrogen-bond donors (Lipinski definition) is 0. The molecule has 0 saturated heterocycles. The molecule has 0 unspecified atom stereocenters. The third kappa shape index (κ3) is 7.06. The van der Waals surface area contributed by atoms with Gasteiger partial charge in [0.1, 0.15) is 18.1 Å². The van der Waals surface area contributed by atoms with Gasteiger partial charge < -0.3 is 14.2 Å². The quantitative estimate of drug-likeness (QED) is 0.188. The predicted octanol–water partition coefficient (Wildman–Crippen LogP) is 8.13. The lowest BCUT2D eigenvalue weighted by molar-refractivity contribution is -0.157. The summed E-state index contributed by atoms with van der Waals surface area (Å²) in [6, 6.07) is 19.7. The van der Waals surface area contributed by atoms with Gasteiger partial charge in [-0.05, 0) is 91.1 Å². The summed E-state index contributed by atoms with van der Waals surface area (Å²) in [7, 11) is 0. The number of carbonyl (C=O) groups is 1. The van der Waals surface area contributed by atoms with Crippen molar-refractivity contribution in [2.24, 2.45) is 0 Å². The van der Waals surface area contributed by atoms with Gasteiger partial charge in [0.2, 0.25) is 5.60 Å². The van der Waals surface area contributed by atoms with Crippen LogP contribution in [0.1, 0.15) is 38.3 Å². The Kier molecular flexibility index (Phi) is 9.40. The summed E-state index contributed by atoms with van der Waals surface area (Å²) in [5.41, 5.74) is 1.61. The molecule has 0 aliphatic rings. The topological polar surface area (TPSA) is 44.8 Å². The Labute approximate surface area is 221 Å². The maximum Gasteiger partial charge on any atom is 0.416 e. The highest BCUT2D eigenvalue weighted by Crippen LogP contribution is 2.31. The fraction of sp³-hybridized carbons (Fsp3) is 0.258. The first kappa shape index (κ1) is 28.6. The van der Waals surface area contributed by atoms with Gasteiger partial charge in [-0.2, -0.15) is 13.2 Å². The maximum atomic E-state index is 12.8. The van der Waals surface area contributed by atoms with Crippen LogP contribution in [0.2, 0.25) is 0 Å². The van der Waals surface area contributed by atoms with Crippen LogP contribution in [-0.4, -0.2) is 24.8 Å². The van der Waals surface area contributed by atoms with E-state index in [0.29, 0.717) is 30.1 Å². The Morgan fingerprint density at radius 3 is 1.92 bits per heavy atom. The molecule has 0 aliphatic carbocycles. The molecular weight excluding hydrogens is 493 g/mol. The van der Waals surface area contributed by atoms with Crippen molar-refractivity contribution in [1.29, 1.82) is 0 Å². The standard InChI is InChI=1S/C31H31F3O4/c1-5-30(6-2,29(35)36-7-3)38-28-18-16-27(17-19-28)37-21-20-22(4)23-8-10-24(11-9-23)25-12-14-26(15-13-25)31(32,33)34/h5,8-20H,1,6-7,21H2,2-4H3/b22-20+/t30-/m1/s1. The summed E-state index contributed by atoms with van der Waals surface area (Å²) < 4.78 is 55.2. The van der Waals surface area contributed by atoms with Crippen molar-refractivity contribution in [3.05, 3.63) is 103 Å². The van der Waals surface area contributed by atoms with Crippen molar-refractivity contribution in [2.75, 3.05) is 13.2 Å². The minimum absolute atomic E-state index is 0.251. The molecule has 0 aromatic heterocycles. The van der Waals surface area contributed by atoms with E-state index in [9.17, 15) is 18.0 Å². The third-order valence-corrected chi connectivity index (χ3v) is 6.12. The second kappa shape index (κ2) is 12.5. The van der Waals surface area contributed by atoms with Gasteiger partial charge in [-0.25, -0.2) is 4.79 Å². The Balaban J connectivity index is 1.59. The highest BCUT2D eigenvalue weighted by atomic mass is 19.4. The van der Waals surface area contributed by atoms with E-state index in [1.807, 2.05) is 44.2 Å². The maximum absolute atomic E-state index is 12.8. The molecule has 7 heteroatoms. The summed E-state index contributed by atoms with van der Waals surface area (Å²) in [4.78, 5) is 12.4. The fourth-order valence-electron chi connectivity index (χ4n) is 3.75. The predicted molar refractivity (Wildman–Crippen MR) is 143 cm³/mol. The minimum atomic E-state index is -4.35. The van der Waals surface area contributed by atoms with Gasteiger partial charge in [0.25, 0.3) is 0 Å². The van der Waals surface area contributed by atoms with Gasteiger partial charge in [0.05, 0.1) is 12.2 Å². The molecule has 0 spiro atoms. The van der Waals surface area contributed by atoms with Gasteiger partial charge in [-0.3, -0.25) is 0 Å². The van der Waals surface area contributed by atoms with E-state index in [2.05, 4.69) is 6.58 Å². The molecule has 0 N–H and O–H groups in total. The summed E-state index contributed by atoms with van der Waals surface area (Å²) >= 11 is 0. The van der Waals surface area contributed by atoms with Crippen LogP contribution in [-0.2, 0) is 15.7 Å².